The molecule has 0 aliphatic rings. The second-order valence-corrected chi connectivity index (χ2v) is 7.92. The predicted octanol–water partition coefficient (Wildman–Crippen LogP) is 2.75. The van der Waals surface area contributed by atoms with Crippen molar-refractivity contribution < 1.29 is 13.6 Å². The summed E-state index contributed by atoms with van der Waals surface area (Å²) < 4.78 is 18.6. The fourth-order valence-corrected chi connectivity index (χ4v) is 3.70. The van der Waals surface area contributed by atoms with E-state index in [4.69, 9.17) is 4.42 Å². The molecule has 2 heterocycles. The van der Waals surface area contributed by atoms with Crippen LogP contribution < -0.4 is 21.8 Å². The van der Waals surface area contributed by atoms with Gasteiger partial charge in [-0.25, -0.2) is 9.37 Å². The SMILES string of the molecule is O=C(c1ccc(F)cc1)c1cccc(C=c2[nH]c(=O)c(=Cc3ncoc3-c3ccccc3)[nH]c2=O)c1. The number of halogens is 1. The Bertz CT molecular complexity index is 1800. The first kappa shape index (κ1) is 22.7. The number of rotatable bonds is 5. The van der Waals surface area contributed by atoms with Crippen LogP contribution in [0.25, 0.3) is 23.5 Å². The number of nitrogens with zero attached hydrogens (tertiary/aromatic N) is 1. The number of aromatic amines is 2. The zero-order chi connectivity index (χ0) is 25.1. The quantitative estimate of drug-likeness (QED) is 0.377. The topological polar surface area (TPSA) is 109 Å². The molecular weight excluding hydrogens is 461 g/mol. The van der Waals surface area contributed by atoms with Gasteiger partial charge in [0.2, 0.25) is 0 Å². The summed E-state index contributed by atoms with van der Waals surface area (Å²) in [6.45, 7) is 0. The van der Waals surface area contributed by atoms with Crippen molar-refractivity contribution in [3.63, 3.8) is 0 Å². The van der Waals surface area contributed by atoms with Crippen molar-refractivity contribution in [2.75, 3.05) is 0 Å². The lowest BCUT2D eigenvalue weighted by molar-refractivity contribution is 0.103. The molecule has 5 rings (SSSR count). The number of carbonyl (C=O) groups is 1. The smallest absolute Gasteiger partial charge is 0.272 e. The molecule has 8 heteroatoms. The minimum atomic E-state index is -0.527. The second-order valence-electron chi connectivity index (χ2n) is 7.92. The molecule has 176 valence electrons. The van der Waals surface area contributed by atoms with Crippen LogP contribution in [0, 0.1) is 5.82 Å². The number of ketones is 1. The van der Waals surface area contributed by atoms with E-state index in [1.807, 2.05) is 30.3 Å². The van der Waals surface area contributed by atoms with Gasteiger partial charge in [-0.05, 0) is 48.0 Å². The number of nitrogens with one attached hydrogen (secondary N) is 2. The summed E-state index contributed by atoms with van der Waals surface area (Å²) in [4.78, 5) is 47.5. The van der Waals surface area contributed by atoms with Crippen LogP contribution in [0.1, 0.15) is 27.2 Å². The first-order valence-electron chi connectivity index (χ1n) is 10.9. The summed E-state index contributed by atoms with van der Waals surface area (Å²) in [6.07, 6.45) is 4.18. The zero-order valence-corrected chi connectivity index (χ0v) is 18.7. The summed E-state index contributed by atoms with van der Waals surface area (Å²) in [5, 5.41) is 0.0374. The number of hydrogen-bond donors (Lipinski definition) is 2. The lowest BCUT2D eigenvalue weighted by Crippen LogP contribution is -2.46. The molecule has 0 aliphatic heterocycles. The van der Waals surface area contributed by atoms with E-state index in [0.29, 0.717) is 28.1 Å². The van der Waals surface area contributed by atoms with Crippen LogP contribution in [-0.2, 0) is 0 Å². The van der Waals surface area contributed by atoms with Crippen molar-refractivity contribution in [3.05, 3.63) is 145 Å². The molecule has 2 N–H and O–H groups in total. The molecule has 36 heavy (non-hydrogen) atoms. The largest absolute Gasteiger partial charge is 0.443 e. The molecule has 0 bridgehead atoms. The van der Waals surface area contributed by atoms with E-state index in [1.54, 1.807) is 24.3 Å². The number of benzene rings is 3. The Morgan fingerprint density at radius 2 is 1.50 bits per heavy atom. The van der Waals surface area contributed by atoms with Crippen molar-refractivity contribution in [1.82, 2.24) is 15.0 Å². The van der Waals surface area contributed by atoms with E-state index in [9.17, 15) is 18.8 Å². The van der Waals surface area contributed by atoms with Gasteiger partial charge in [-0.15, -0.1) is 0 Å². The van der Waals surface area contributed by atoms with E-state index < -0.39 is 16.9 Å². The molecular formula is C28H18FN3O4. The highest BCUT2D eigenvalue weighted by Crippen LogP contribution is 2.22. The van der Waals surface area contributed by atoms with E-state index in [2.05, 4.69) is 15.0 Å². The molecule has 0 saturated carbocycles. The zero-order valence-electron chi connectivity index (χ0n) is 18.7. The van der Waals surface area contributed by atoms with Gasteiger partial charge in [0, 0.05) is 16.7 Å². The molecule has 0 saturated heterocycles. The summed E-state index contributed by atoms with van der Waals surface area (Å²) >= 11 is 0. The number of carbonyl (C=O) groups excluding carboxylic acids is 1. The van der Waals surface area contributed by atoms with Crippen molar-refractivity contribution >= 4 is 17.9 Å². The molecule has 3 aromatic carbocycles. The number of oxazole rings is 1. The molecule has 0 aliphatic carbocycles. The predicted molar refractivity (Wildman–Crippen MR) is 132 cm³/mol. The van der Waals surface area contributed by atoms with E-state index >= 15 is 0 Å². The maximum Gasteiger partial charge on any atom is 0.272 e. The van der Waals surface area contributed by atoms with Gasteiger partial charge in [-0.1, -0.05) is 48.5 Å². The van der Waals surface area contributed by atoms with Crippen molar-refractivity contribution in [2.45, 2.75) is 0 Å². The van der Waals surface area contributed by atoms with Crippen LogP contribution in [-0.4, -0.2) is 20.7 Å². The summed E-state index contributed by atoms with van der Waals surface area (Å²) in [6, 6.07) is 21.1. The molecule has 0 radical (unpaired) electrons. The molecule has 2 aromatic heterocycles. The lowest BCUT2D eigenvalue weighted by Gasteiger charge is -2.02. The standard InChI is InChI=1S/C28H18FN3O4/c29-21-11-9-18(10-12-21)25(33)20-8-4-5-17(13-20)14-23-27(34)32-24(28(35)31-23)15-22-26(36-16-30-22)19-6-2-1-3-7-19/h1-16H,(H,31,35)(H,32,34). The maximum atomic E-state index is 13.2. The third-order valence-electron chi connectivity index (χ3n) is 5.46. The Morgan fingerprint density at radius 1 is 0.806 bits per heavy atom. The van der Waals surface area contributed by atoms with Gasteiger partial charge in [0.15, 0.2) is 17.9 Å². The van der Waals surface area contributed by atoms with E-state index in [0.717, 1.165) is 5.56 Å². The fourth-order valence-electron chi connectivity index (χ4n) is 3.70. The molecule has 0 spiro atoms. The van der Waals surface area contributed by atoms with Crippen LogP contribution >= 0.6 is 0 Å². The van der Waals surface area contributed by atoms with Crippen LogP contribution in [0.3, 0.4) is 0 Å². The fraction of sp³-hybridized carbons (Fsp3) is 0. The Kier molecular flexibility index (Phi) is 6.07. The normalized spacial score (nSPS) is 12.1. The van der Waals surface area contributed by atoms with Gasteiger partial charge < -0.3 is 14.4 Å². The molecule has 0 unspecified atom stereocenters. The van der Waals surface area contributed by atoms with E-state index in [-0.39, 0.29) is 16.5 Å². The van der Waals surface area contributed by atoms with Crippen LogP contribution in [0.15, 0.2) is 99.3 Å². The Balaban J connectivity index is 1.51. The average Bonchev–Trinajstić information content (AvgIpc) is 3.36. The first-order valence-corrected chi connectivity index (χ1v) is 10.9. The summed E-state index contributed by atoms with van der Waals surface area (Å²) in [5.74, 6) is -0.258. The Hall–Kier alpha value is -5.11. The monoisotopic (exact) mass is 479 g/mol. The Labute approximate surface area is 202 Å². The molecule has 0 amide bonds. The highest BCUT2D eigenvalue weighted by atomic mass is 19.1. The highest BCUT2D eigenvalue weighted by Gasteiger charge is 2.10. The van der Waals surface area contributed by atoms with Gasteiger partial charge in [0.05, 0.1) is 0 Å². The lowest BCUT2D eigenvalue weighted by atomic mass is 10.0. The van der Waals surface area contributed by atoms with Crippen molar-refractivity contribution in [1.29, 1.82) is 0 Å². The van der Waals surface area contributed by atoms with Gasteiger partial charge in [0.25, 0.3) is 11.1 Å². The van der Waals surface area contributed by atoms with Crippen LogP contribution in [0.4, 0.5) is 4.39 Å². The second kappa shape index (κ2) is 9.63. The third-order valence-corrected chi connectivity index (χ3v) is 5.46. The van der Waals surface area contributed by atoms with Gasteiger partial charge in [-0.3, -0.25) is 14.4 Å². The average molecular weight is 479 g/mol. The van der Waals surface area contributed by atoms with E-state index in [1.165, 1.54) is 42.8 Å². The maximum absolute atomic E-state index is 13.2. The molecule has 5 aromatic rings. The van der Waals surface area contributed by atoms with Gasteiger partial charge in [-0.2, -0.15) is 0 Å². The summed E-state index contributed by atoms with van der Waals surface area (Å²) in [5.41, 5.74) is 1.35. The van der Waals surface area contributed by atoms with Crippen LogP contribution in [0.2, 0.25) is 0 Å². The van der Waals surface area contributed by atoms with Gasteiger partial charge in [0.1, 0.15) is 22.2 Å². The van der Waals surface area contributed by atoms with Gasteiger partial charge >= 0.3 is 0 Å². The minimum Gasteiger partial charge on any atom is -0.443 e. The molecule has 0 atom stereocenters. The van der Waals surface area contributed by atoms with Crippen molar-refractivity contribution in [3.8, 4) is 11.3 Å². The number of hydrogen-bond acceptors (Lipinski definition) is 5. The molecule has 0 fully saturated rings. The van der Waals surface area contributed by atoms with Crippen LogP contribution in [0.5, 0.6) is 0 Å². The Morgan fingerprint density at radius 3 is 2.22 bits per heavy atom. The first-order chi connectivity index (χ1) is 17.5. The number of aromatic nitrogens is 3. The minimum absolute atomic E-state index is 0.0171. The number of H-pyrrole nitrogens is 2. The summed E-state index contributed by atoms with van der Waals surface area (Å²) in [7, 11) is 0. The molecule has 7 nitrogen and oxygen atoms in total. The highest BCUT2D eigenvalue weighted by molar-refractivity contribution is 6.09. The van der Waals surface area contributed by atoms with Crippen molar-refractivity contribution in [2.24, 2.45) is 0 Å². The third kappa shape index (κ3) is 4.74.